The van der Waals surface area contributed by atoms with Gasteiger partial charge in [0, 0.05) is 41.5 Å². The molecule has 2 aliphatic heterocycles. The fourth-order valence-electron chi connectivity index (χ4n) is 7.73. The molecule has 1 saturated carbocycles. The summed E-state index contributed by atoms with van der Waals surface area (Å²) in [6, 6.07) is 11.9. The molecule has 8 atom stereocenters. The first-order valence-corrected chi connectivity index (χ1v) is 17.9. The maximum absolute atomic E-state index is 13.8. The molecular weight excluding hydrogens is 580 g/mol. The van der Waals surface area contributed by atoms with Crippen LogP contribution in [0.2, 0.25) is 5.02 Å². The lowest BCUT2D eigenvalue weighted by molar-refractivity contribution is 0.0129. The molecule has 0 saturated heterocycles. The minimum Gasteiger partial charge on any atom is -0.490 e. The van der Waals surface area contributed by atoms with Crippen molar-refractivity contribution in [3.05, 3.63) is 70.3 Å². The first-order valence-electron chi connectivity index (χ1n) is 15.7. The maximum atomic E-state index is 13.8. The molecule has 1 N–H and O–H groups in total. The lowest BCUT2D eigenvalue weighted by Crippen LogP contribution is -2.49. The summed E-state index contributed by atoms with van der Waals surface area (Å²) in [4.78, 5) is 16.1. The molecule has 6 rings (SSSR count). The normalized spacial score (nSPS) is 36.8. The second-order valence-electron chi connectivity index (χ2n) is 13.5. The average Bonchev–Trinajstić information content (AvgIpc) is 3.12. The smallest absolute Gasteiger partial charge is 0.262 e. The van der Waals surface area contributed by atoms with Crippen molar-refractivity contribution in [1.82, 2.24) is 4.72 Å². The third kappa shape index (κ3) is 5.73. The summed E-state index contributed by atoms with van der Waals surface area (Å²) in [5.41, 5.74) is 3.81. The van der Waals surface area contributed by atoms with E-state index in [0.717, 1.165) is 61.7 Å². The number of hydrogen-bond acceptors (Lipinski definition) is 5. The van der Waals surface area contributed by atoms with Crippen molar-refractivity contribution in [2.24, 2.45) is 23.7 Å². The van der Waals surface area contributed by atoms with Crippen LogP contribution in [-0.2, 0) is 26.3 Å². The van der Waals surface area contributed by atoms with Gasteiger partial charge >= 0.3 is 0 Å². The molecule has 2 heterocycles. The molecule has 1 unspecified atom stereocenters. The van der Waals surface area contributed by atoms with Gasteiger partial charge in [-0.15, -0.1) is 0 Å². The Morgan fingerprint density at radius 1 is 1.14 bits per heavy atom. The predicted octanol–water partition coefficient (Wildman–Crippen LogP) is 6.45. The average molecular weight is 625 g/mol. The maximum Gasteiger partial charge on any atom is 0.262 e. The number of anilines is 1. The quantitative estimate of drug-likeness (QED) is 0.292. The van der Waals surface area contributed by atoms with Crippen molar-refractivity contribution in [3.8, 4) is 5.75 Å². The van der Waals surface area contributed by atoms with Gasteiger partial charge in [0.25, 0.3) is 5.91 Å². The fraction of sp³-hybridized carbons (Fsp3) is 0.543. The Labute approximate surface area is 262 Å². The largest absolute Gasteiger partial charge is 0.490 e. The van der Waals surface area contributed by atoms with Gasteiger partial charge in [-0.1, -0.05) is 43.7 Å². The van der Waals surface area contributed by atoms with E-state index in [2.05, 4.69) is 53.6 Å². The first-order chi connectivity index (χ1) is 20.5. The van der Waals surface area contributed by atoms with Gasteiger partial charge < -0.3 is 14.4 Å². The molecule has 1 fully saturated rings. The van der Waals surface area contributed by atoms with E-state index in [1.165, 1.54) is 11.1 Å². The van der Waals surface area contributed by atoms with E-state index >= 15 is 0 Å². The number of fused-ring (bicyclic) bond motifs is 4. The molecule has 0 aromatic heterocycles. The summed E-state index contributed by atoms with van der Waals surface area (Å²) in [6.45, 7) is 8.34. The lowest BCUT2D eigenvalue weighted by Gasteiger charge is -2.46. The van der Waals surface area contributed by atoms with Crippen molar-refractivity contribution >= 4 is 38.8 Å². The summed E-state index contributed by atoms with van der Waals surface area (Å²) < 4.78 is 29.3. The van der Waals surface area contributed by atoms with Gasteiger partial charge in [-0.3, -0.25) is 9.52 Å². The minimum absolute atomic E-state index is 0.0148. The third-order valence-electron chi connectivity index (χ3n) is 11.0. The second kappa shape index (κ2) is 11.8. The van der Waals surface area contributed by atoms with Crippen LogP contribution in [0.4, 0.5) is 5.69 Å². The number of allylic oxidation sites excluding steroid dienone is 1. The lowest BCUT2D eigenvalue weighted by atomic mass is 9.68. The van der Waals surface area contributed by atoms with Crippen LogP contribution in [0.5, 0.6) is 5.75 Å². The van der Waals surface area contributed by atoms with Crippen molar-refractivity contribution in [1.29, 1.82) is 0 Å². The molecule has 2 aromatic carbocycles. The number of ether oxygens (including phenoxy) is 2. The number of hydrogen-bond donors (Lipinski definition) is 1. The van der Waals surface area contributed by atoms with E-state index in [1.807, 2.05) is 25.1 Å². The van der Waals surface area contributed by atoms with Crippen LogP contribution in [-0.4, -0.2) is 54.1 Å². The van der Waals surface area contributed by atoms with E-state index in [-0.39, 0.29) is 34.5 Å². The molecule has 2 bridgehead atoms. The monoisotopic (exact) mass is 624 g/mol. The Morgan fingerprint density at radius 3 is 2.70 bits per heavy atom. The molecule has 4 aliphatic rings. The number of carbonyl (C=O) groups excluding carboxylic acids is 1. The van der Waals surface area contributed by atoms with Crippen LogP contribution in [0.15, 0.2) is 48.6 Å². The molecule has 1 amide bonds. The fourth-order valence-corrected chi connectivity index (χ4v) is 9.49. The van der Waals surface area contributed by atoms with E-state index in [9.17, 15) is 9.00 Å². The highest BCUT2D eigenvalue weighted by atomic mass is 35.5. The van der Waals surface area contributed by atoms with Crippen molar-refractivity contribution in [2.45, 2.75) is 69.6 Å². The minimum atomic E-state index is -2.92. The van der Waals surface area contributed by atoms with E-state index in [0.29, 0.717) is 24.0 Å². The molecule has 6 nitrogen and oxygen atoms in total. The summed E-state index contributed by atoms with van der Waals surface area (Å²) in [7, 11) is -1.11. The first kappa shape index (κ1) is 30.5. The molecule has 232 valence electrons. The molecule has 8 heteroatoms. The number of methoxy groups -OCH3 is 1. The predicted molar refractivity (Wildman–Crippen MR) is 177 cm³/mol. The van der Waals surface area contributed by atoms with Gasteiger partial charge in [-0.25, -0.2) is 4.21 Å². The summed E-state index contributed by atoms with van der Waals surface area (Å²) >= 11 is 6.43. The number of nitrogens with one attached hydrogen (secondary N) is 1. The van der Waals surface area contributed by atoms with E-state index in [4.69, 9.17) is 21.1 Å². The van der Waals surface area contributed by atoms with Crippen LogP contribution >= 0.6 is 11.6 Å². The zero-order valence-electron chi connectivity index (χ0n) is 25.8. The van der Waals surface area contributed by atoms with E-state index in [1.54, 1.807) is 13.2 Å². The summed E-state index contributed by atoms with van der Waals surface area (Å²) in [6.07, 6.45) is 9.79. The van der Waals surface area contributed by atoms with Gasteiger partial charge in [-0.05, 0) is 110 Å². The van der Waals surface area contributed by atoms with Gasteiger partial charge in [-0.2, -0.15) is 0 Å². The number of halogens is 1. The number of nitrogens with zero attached hydrogens (tertiary/aromatic N) is 1. The summed E-state index contributed by atoms with van der Waals surface area (Å²) in [5.74, 6) is 5.46. The van der Waals surface area contributed by atoms with Crippen molar-refractivity contribution in [2.75, 3.05) is 31.7 Å². The molecule has 1 spiro atoms. The highest BCUT2D eigenvalue weighted by Crippen LogP contribution is 2.47. The topological polar surface area (TPSA) is 67.9 Å². The van der Waals surface area contributed by atoms with Gasteiger partial charge in [0.05, 0.1) is 28.1 Å². The number of rotatable bonds is 1. The molecule has 0 radical (unpaired) electrons. The second-order valence-corrected chi connectivity index (χ2v) is 16.3. The highest BCUT2D eigenvalue weighted by molar-refractivity contribution is 7.99. The van der Waals surface area contributed by atoms with Crippen molar-refractivity contribution < 1.29 is 18.5 Å². The molecule has 2 aromatic rings. The van der Waals surface area contributed by atoms with Crippen LogP contribution in [0.25, 0.3) is 0 Å². The summed E-state index contributed by atoms with van der Waals surface area (Å²) in [5, 5.41) is 0.451. The van der Waals surface area contributed by atoms with Gasteiger partial charge in [0.1, 0.15) is 5.75 Å². The van der Waals surface area contributed by atoms with Gasteiger partial charge in [0.2, 0.25) is 0 Å². The number of aryl methyl sites for hydroxylation is 1. The Balaban J connectivity index is 1.44. The van der Waals surface area contributed by atoms with Gasteiger partial charge in [0.15, 0.2) is 0 Å². The van der Waals surface area contributed by atoms with Crippen molar-refractivity contribution in [3.63, 3.8) is 0 Å². The number of carbonyl (C=O) groups is 1. The zero-order chi connectivity index (χ0) is 30.5. The number of benzene rings is 2. The third-order valence-corrected chi connectivity index (χ3v) is 13.4. The molecular formula is C35H45ClN2O4S. The Morgan fingerprint density at radius 2 is 1.95 bits per heavy atom. The standard InChI is InChI=1S/C35H45ClN2O4S/c1-22-8-14-32(41-4)29-12-9-27(29)19-38-20-35(16-6-7-25-17-28(36)11-13-30(25)35)21-42-33-15-10-26(18-31(33)38)34(39)37-43(5,40)24(3)23(22)2/h8,10-11,13-15,17-18,22-24,27,29,32H,5-7,9,12,16,19-21H2,1-4H3,(H,37,39,40)/b14-8+/t22-,23-,24+,27-,29+,32-,35-,43?/m0/s1. The highest BCUT2D eigenvalue weighted by Gasteiger charge is 2.44. The van der Waals surface area contributed by atoms with Crippen LogP contribution in [0.3, 0.4) is 0 Å². The molecule has 2 aliphatic carbocycles. The van der Waals surface area contributed by atoms with Crippen LogP contribution in [0, 0.1) is 23.7 Å². The Hall–Kier alpha value is -2.48. The van der Waals surface area contributed by atoms with Crippen LogP contribution < -0.4 is 14.4 Å². The zero-order valence-corrected chi connectivity index (χ0v) is 27.4. The SMILES string of the molecule is C=S1(=O)NC(=O)c2ccc3c(c2)N(C[C@@H]2CC[C@H]2[C@@H](OC)/C=C/[C@H](C)[C@H](C)[C@H]1C)C[C@@]1(CCCc2cc(Cl)ccc21)CO3. The van der Waals surface area contributed by atoms with E-state index < -0.39 is 9.71 Å². The van der Waals surface area contributed by atoms with Crippen LogP contribution in [0.1, 0.15) is 67.9 Å². The number of amides is 1. The Bertz CT molecular complexity index is 1520. The molecule has 43 heavy (non-hydrogen) atoms. The Kier molecular flexibility index (Phi) is 8.38.